The number of benzene rings is 2. The molecule has 0 radical (unpaired) electrons. The van der Waals surface area contributed by atoms with Gasteiger partial charge in [-0.2, -0.15) is 0 Å². The minimum Gasteiger partial charge on any atom is -0.508 e. The van der Waals surface area contributed by atoms with Crippen molar-refractivity contribution in [2.24, 2.45) is 5.92 Å². The van der Waals surface area contributed by atoms with E-state index in [0.717, 1.165) is 11.1 Å². The van der Waals surface area contributed by atoms with Crippen LogP contribution in [0.2, 0.25) is 0 Å². The van der Waals surface area contributed by atoms with Gasteiger partial charge in [-0.1, -0.05) is 62.7 Å². The average molecular weight is 443 g/mol. The Hall–Kier alpha value is -3.55. The molecular weight excluding hydrogens is 412 g/mol. The molecule has 0 unspecified atom stereocenters. The van der Waals surface area contributed by atoms with E-state index in [9.17, 15) is 19.5 Å². The van der Waals surface area contributed by atoms with Crippen molar-refractivity contribution in [1.82, 2.24) is 10.6 Å². The van der Waals surface area contributed by atoms with Crippen LogP contribution in [0.25, 0.3) is 0 Å². The van der Waals surface area contributed by atoms with Crippen molar-refractivity contribution < 1.29 is 29.0 Å². The van der Waals surface area contributed by atoms with Crippen molar-refractivity contribution in [3.63, 3.8) is 0 Å². The summed E-state index contributed by atoms with van der Waals surface area (Å²) in [6.07, 6.45) is 0.0740. The van der Waals surface area contributed by atoms with E-state index in [1.54, 1.807) is 12.1 Å². The van der Waals surface area contributed by atoms with Crippen LogP contribution in [0.1, 0.15) is 31.4 Å². The molecule has 0 heterocycles. The van der Waals surface area contributed by atoms with E-state index >= 15 is 0 Å². The molecule has 2 amide bonds. The van der Waals surface area contributed by atoms with Crippen LogP contribution in [0.3, 0.4) is 0 Å². The number of esters is 1. The number of phenolic OH excluding ortho intramolecular Hbond substituents is 1. The highest BCUT2D eigenvalue weighted by Gasteiger charge is 2.30. The Balaban J connectivity index is 2.05. The predicted octanol–water partition coefficient (Wildman–Crippen LogP) is 2.93. The summed E-state index contributed by atoms with van der Waals surface area (Å²) in [5.74, 6) is -1.22. The van der Waals surface area contributed by atoms with E-state index in [-0.39, 0.29) is 24.7 Å². The highest BCUT2D eigenvalue weighted by Crippen LogP contribution is 2.13. The third-order valence-corrected chi connectivity index (χ3v) is 5.16. The second-order valence-corrected chi connectivity index (χ2v) is 7.52. The number of amides is 2. The van der Waals surface area contributed by atoms with Gasteiger partial charge in [-0.25, -0.2) is 9.59 Å². The van der Waals surface area contributed by atoms with Crippen LogP contribution in [-0.4, -0.2) is 42.3 Å². The Morgan fingerprint density at radius 2 is 1.62 bits per heavy atom. The summed E-state index contributed by atoms with van der Waals surface area (Å²) < 4.78 is 10.1. The van der Waals surface area contributed by atoms with Gasteiger partial charge >= 0.3 is 12.1 Å². The highest BCUT2D eigenvalue weighted by molar-refractivity contribution is 5.90. The lowest BCUT2D eigenvalue weighted by Gasteiger charge is -2.25. The number of hydrogen-bond donors (Lipinski definition) is 3. The first kappa shape index (κ1) is 24.7. The maximum Gasteiger partial charge on any atom is 0.408 e. The first-order valence-corrected chi connectivity index (χ1v) is 10.5. The Kier molecular flexibility index (Phi) is 9.53. The van der Waals surface area contributed by atoms with Crippen molar-refractivity contribution in [3.05, 3.63) is 65.7 Å². The van der Waals surface area contributed by atoms with Gasteiger partial charge in [0, 0.05) is 6.42 Å². The number of phenols is 1. The second-order valence-electron chi connectivity index (χ2n) is 7.52. The molecule has 32 heavy (non-hydrogen) atoms. The number of ether oxygens (including phenoxy) is 2. The van der Waals surface area contributed by atoms with Gasteiger partial charge in [-0.15, -0.1) is 0 Å². The molecule has 172 valence electrons. The largest absolute Gasteiger partial charge is 0.508 e. The van der Waals surface area contributed by atoms with Gasteiger partial charge in [0.15, 0.2) is 0 Å². The number of nitrogens with one attached hydrogen (secondary N) is 2. The molecule has 0 saturated heterocycles. The molecule has 8 heteroatoms. The van der Waals surface area contributed by atoms with Crippen LogP contribution in [0.5, 0.6) is 5.75 Å². The Labute approximate surface area is 187 Å². The van der Waals surface area contributed by atoms with Crippen LogP contribution in [-0.2, 0) is 32.1 Å². The minimum absolute atomic E-state index is 0.0765. The van der Waals surface area contributed by atoms with Crippen molar-refractivity contribution in [2.45, 2.75) is 45.4 Å². The maximum absolute atomic E-state index is 13.0. The predicted molar refractivity (Wildman–Crippen MR) is 119 cm³/mol. The van der Waals surface area contributed by atoms with E-state index < -0.39 is 30.1 Å². The summed E-state index contributed by atoms with van der Waals surface area (Å²) in [6.45, 7) is 3.80. The van der Waals surface area contributed by atoms with Crippen LogP contribution >= 0.6 is 0 Å². The zero-order valence-corrected chi connectivity index (χ0v) is 18.5. The Morgan fingerprint density at radius 3 is 2.22 bits per heavy atom. The summed E-state index contributed by atoms with van der Waals surface area (Å²) >= 11 is 0. The number of methoxy groups -OCH3 is 1. The average Bonchev–Trinajstić information content (AvgIpc) is 2.81. The van der Waals surface area contributed by atoms with Gasteiger partial charge in [0.1, 0.15) is 24.4 Å². The lowest BCUT2D eigenvalue weighted by Crippen LogP contribution is -2.54. The monoisotopic (exact) mass is 442 g/mol. The van der Waals surface area contributed by atoms with Crippen LogP contribution < -0.4 is 10.6 Å². The van der Waals surface area contributed by atoms with Crippen molar-refractivity contribution in [2.75, 3.05) is 7.11 Å². The summed E-state index contributed by atoms with van der Waals surface area (Å²) in [6, 6.07) is 13.7. The Morgan fingerprint density at radius 1 is 0.969 bits per heavy atom. The molecule has 0 aromatic heterocycles. The third kappa shape index (κ3) is 7.61. The van der Waals surface area contributed by atoms with Crippen LogP contribution in [0.15, 0.2) is 54.6 Å². The maximum atomic E-state index is 13.0. The molecule has 0 fully saturated rings. The summed E-state index contributed by atoms with van der Waals surface area (Å²) in [4.78, 5) is 37.6. The quantitative estimate of drug-likeness (QED) is 0.488. The molecule has 3 atom stereocenters. The number of carbonyl (C=O) groups is 3. The summed E-state index contributed by atoms with van der Waals surface area (Å²) in [7, 11) is 1.24. The molecule has 0 aliphatic heterocycles. The fraction of sp³-hybridized carbons (Fsp3) is 0.375. The number of aromatic hydroxyl groups is 1. The van der Waals surface area contributed by atoms with E-state index in [1.165, 1.54) is 19.2 Å². The summed E-state index contributed by atoms with van der Waals surface area (Å²) in [5.41, 5.74) is 1.56. The van der Waals surface area contributed by atoms with Gasteiger partial charge < -0.3 is 25.2 Å². The van der Waals surface area contributed by atoms with E-state index in [1.807, 2.05) is 44.2 Å². The topological polar surface area (TPSA) is 114 Å². The van der Waals surface area contributed by atoms with Gasteiger partial charge in [0.25, 0.3) is 0 Å². The van der Waals surface area contributed by atoms with Gasteiger partial charge in [0.2, 0.25) is 5.91 Å². The SMILES string of the molecule is CC[C@H](C)[C@H](NC(=O)OCc1ccccc1)C(=O)N[C@@H](Cc1ccc(O)cc1)C(=O)OC. The zero-order valence-electron chi connectivity index (χ0n) is 18.5. The van der Waals surface area contributed by atoms with Crippen molar-refractivity contribution in [1.29, 1.82) is 0 Å². The van der Waals surface area contributed by atoms with Gasteiger partial charge in [0.05, 0.1) is 7.11 Å². The van der Waals surface area contributed by atoms with Gasteiger partial charge in [-0.3, -0.25) is 4.79 Å². The molecular formula is C24H30N2O6. The van der Waals surface area contributed by atoms with E-state index in [0.29, 0.717) is 6.42 Å². The van der Waals surface area contributed by atoms with Crippen LogP contribution in [0, 0.1) is 5.92 Å². The van der Waals surface area contributed by atoms with Gasteiger partial charge in [-0.05, 0) is 29.2 Å². The third-order valence-electron chi connectivity index (χ3n) is 5.16. The molecule has 8 nitrogen and oxygen atoms in total. The molecule has 0 saturated carbocycles. The number of alkyl carbamates (subject to hydrolysis) is 1. The highest BCUT2D eigenvalue weighted by atomic mass is 16.5. The molecule has 2 aromatic carbocycles. The molecule has 0 spiro atoms. The number of hydrogen-bond acceptors (Lipinski definition) is 6. The molecule has 0 aliphatic rings. The lowest BCUT2D eigenvalue weighted by molar-refractivity contribution is -0.145. The zero-order chi connectivity index (χ0) is 23.5. The first-order chi connectivity index (χ1) is 15.3. The lowest BCUT2D eigenvalue weighted by atomic mass is 9.97. The van der Waals surface area contributed by atoms with E-state index in [4.69, 9.17) is 9.47 Å². The fourth-order valence-corrected chi connectivity index (χ4v) is 3.06. The fourth-order valence-electron chi connectivity index (χ4n) is 3.06. The first-order valence-electron chi connectivity index (χ1n) is 10.5. The molecule has 0 bridgehead atoms. The van der Waals surface area contributed by atoms with Crippen molar-refractivity contribution in [3.8, 4) is 5.75 Å². The standard InChI is InChI=1S/C24H30N2O6/c1-4-16(2)21(26-24(30)32-15-18-8-6-5-7-9-18)22(28)25-20(23(29)31-3)14-17-10-12-19(27)13-11-17/h5-13,16,20-21,27H,4,14-15H2,1-3H3,(H,25,28)(H,26,30)/t16-,20-,21-/m0/s1. The van der Waals surface area contributed by atoms with Crippen molar-refractivity contribution >= 4 is 18.0 Å². The normalized spacial score (nSPS) is 13.3. The summed E-state index contributed by atoms with van der Waals surface area (Å²) in [5, 5.41) is 14.7. The number of carbonyl (C=O) groups excluding carboxylic acids is 3. The smallest absolute Gasteiger partial charge is 0.408 e. The molecule has 2 rings (SSSR count). The van der Waals surface area contributed by atoms with Crippen LogP contribution in [0.4, 0.5) is 4.79 Å². The second kappa shape index (κ2) is 12.3. The minimum atomic E-state index is -0.953. The molecule has 3 N–H and O–H groups in total. The molecule has 0 aliphatic carbocycles. The molecule has 2 aromatic rings. The van der Waals surface area contributed by atoms with E-state index in [2.05, 4.69) is 10.6 Å². The Bertz CT molecular complexity index is 885. The number of rotatable bonds is 10.